The van der Waals surface area contributed by atoms with Gasteiger partial charge in [0.1, 0.15) is 0 Å². The lowest BCUT2D eigenvalue weighted by Gasteiger charge is -2.31. The largest absolute Gasteiger partial charge is 0.370 e. The molecule has 1 saturated carbocycles. The molecule has 4 heteroatoms. The molecule has 1 aliphatic carbocycles. The predicted octanol–water partition coefficient (Wildman–Crippen LogP) is 3.52. The maximum Gasteiger partial charge on any atom is 0.191 e. The quantitative estimate of drug-likeness (QED) is 0.470. The molecule has 0 aromatic heterocycles. The number of piperidine rings is 1. The molecule has 2 unspecified atom stereocenters. The highest BCUT2D eigenvalue weighted by atomic mass is 127. The zero-order valence-corrected chi connectivity index (χ0v) is 15.3. The Labute approximate surface area is 145 Å². The van der Waals surface area contributed by atoms with Crippen LogP contribution in [-0.4, -0.2) is 30.0 Å². The molecule has 21 heavy (non-hydrogen) atoms. The number of aryl methyl sites for hydroxylation is 1. The van der Waals surface area contributed by atoms with Crippen LogP contribution in [0.1, 0.15) is 43.2 Å². The number of hydrogen-bond acceptors (Lipinski definition) is 1. The molecule has 0 amide bonds. The number of likely N-dealkylation sites (tertiary alicyclic amines) is 1. The van der Waals surface area contributed by atoms with E-state index in [9.17, 15) is 0 Å². The molecule has 2 aliphatic rings. The summed E-state index contributed by atoms with van der Waals surface area (Å²) in [4.78, 5) is 7.01. The highest BCUT2D eigenvalue weighted by molar-refractivity contribution is 14.0. The number of aliphatic imine (C=N–C) groups is 1. The number of nitrogens with zero attached hydrogens (tertiary/aromatic N) is 2. The van der Waals surface area contributed by atoms with Gasteiger partial charge in [-0.25, -0.2) is 4.99 Å². The van der Waals surface area contributed by atoms with Crippen LogP contribution in [0.25, 0.3) is 0 Å². The second-order valence-corrected chi connectivity index (χ2v) is 6.42. The molecule has 0 bridgehead atoms. The molecular formula is C17H26IN3. The summed E-state index contributed by atoms with van der Waals surface area (Å²) in [6, 6.07) is 9.04. The molecule has 1 aromatic rings. The highest BCUT2D eigenvalue weighted by Crippen LogP contribution is 2.44. The van der Waals surface area contributed by atoms with Gasteiger partial charge in [0.05, 0.1) is 6.04 Å². The Morgan fingerprint density at radius 1 is 1.24 bits per heavy atom. The first-order valence-electron chi connectivity index (χ1n) is 7.79. The number of guanidine groups is 1. The van der Waals surface area contributed by atoms with Gasteiger partial charge in [-0.2, -0.15) is 0 Å². The Hall–Kier alpha value is -0.780. The Morgan fingerprint density at radius 2 is 1.90 bits per heavy atom. The average Bonchev–Trinajstić information content (AvgIpc) is 3.19. The van der Waals surface area contributed by atoms with E-state index < -0.39 is 0 Å². The smallest absolute Gasteiger partial charge is 0.191 e. The van der Waals surface area contributed by atoms with Gasteiger partial charge in [-0.1, -0.05) is 31.2 Å². The zero-order valence-electron chi connectivity index (χ0n) is 13.0. The fraction of sp³-hybridized carbons (Fsp3) is 0.588. The van der Waals surface area contributed by atoms with Crippen LogP contribution in [0, 0.1) is 12.8 Å². The minimum atomic E-state index is 0. The van der Waals surface area contributed by atoms with Gasteiger partial charge in [0.25, 0.3) is 0 Å². The second-order valence-electron chi connectivity index (χ2n) is 6.42. The molecule has 0 radical (unpaired) electrons. The summed E-state index contributed by atoms with van der Waals surface area (Å²) in [5.41, 5.74) is 9.01. The molecule has 2 atom stereocenters. The van der Waals surface area contributed by atoms with Gasteiger partial charge in [-0.05, 0) is 43.2 Å². The van der Waals surface area contributed by atoms with Crippen LogP contribution in [0.3, 0.4) is 0 Å². The summed E-state index contributed by atoms with van der Waals surface area (Å²) in [7, 11) is 0. The molecule has 2 N–H and O–H groups in total. The third-order valence-corrected chi connectivity index (χ3v) is 4.75. The van der Waals surface area contributed by atoms with Gasteiger partial charge < -0.3 is 10.6 Å². The number of rotatable bonds is 2. The maximum atomic E-state index is 6.19. The summed E-state index contributed by atoms with van der Waals surface area (Å²) in [5.74, 6) is 2.18. The van der Waals surface area contributed by atoms with E-state index >= 15 is 0 Å². The van der Waals surface area contributed by atoms with Crippen molar-refractivity contribution < 1.29 is 0 Å². The second kappa shape index (κ2) is 6.99. The average molecular weight is 399 g/mol. The van der Waals surface area contributed by atoms with E-state index in [4.69, 9.17) is 10.7 Å². The fourth-order valence-electron chi connectivity index (χ4n) is 3.15. The molecule has 0 spiro atoms. The lowest BCUT2D eigenvalue weighted by atomic mass is 10.00. The van der Waals surface area contributed by atoms with Crippen LogP contribution in [0.5, 0.6) is 0 Å². The summed E-state index contributed by atoms with van der Waals surface area (Å²) in [6.07, 6.45) is 3.63. The van der Waals surface area contributed by atoms with E-state index in [-0.39, 0.29) is 24.0 Å². The van der Waals surface area contributed by atoms with Crippen LogP contribution in [0.2, 0.25) is 0 Å². The molecule has 1 aromatic carbocycles. The molecule has 116 valence electrons. The maximum absolute atomic E-state index is 6.19. The van der Waals surface area contributed by atoms with Gasteiger partial charge in [-0.15, -0.1) is 24.0 Å². The van der Waals surface area contributed by atoms with Crippen molar-refractivity contribution in [1.29, 1.82) is 0 Å². The lowest BCUT2D eigenvalue weighted by molar-refractivity contribution is 0.277. The van der Waals surface area contributed by atoms with Crippen LogP contribution in [0.15, 0.2) is 29.3 Å². The zero-order chi connectivity index (χ0) is 14.1. The van der Waals surface area contributed by atoms with Gasteiger partial charge >= 0.3 is 0 Å². The minimum absolute atomic E-state index is 0. The van der Waals surface area contributed by atoms with E-state index in [0.717, 1.165) is 31.4 Å². The fourth-order valence-corrected chi connectivity index (χ4v) is 3.15. The first-order valence-corrected chi connectivity index (χ1v) is 7.79. The monoisotopic (exact) mass is 399 g/mol. The van der Waals surface area contributed by atoms with Crippen LogP contribution in [-0.2, 0) is 0 Å². The van der Waals surface area contributed by atoms with Crippen molar-refractivity contribution in [2.75, 3.05) is 13.1 Å². The summed E-state index contributed by atoms with van der Waals surface area (Å²) in [5, 5.41) is 0. The molecule has 3 rings (SSSR count). The Morgan fingerprint density at radius 3 is 2.57 bits per heavy atom. The van der Waals surface area contributed by atoms with E-state index in [0.29, 0.717) is 12.0 Å². The first kappa shape index (κ1) is 16.6. The first-order chi connectivity index (χ1) is 9.65. The molecule has 1 aliphatic heterocycles. The minimum Gasteiger partial charge on any atom is -0.370 e. The van der Waals surface area contributed by atoms with Crippen molar-refractivity contribution in [2.24, 2.45) is 16.6 Å². The number of halogens is 1. The summed E-state index contributed by atoms with van der Waals surface area (Å²) in [6.45, 7) is 6.64. The van der Waals surface area contributed by atoms with Gasteiger partial charge in [0, 0.05) is 19.0 Å². The van der Waals surface area contributed by atoms with E-state index in [1.54, 1.807) is 0 Å². The number of nitrogens with two attached hydrogens (primary N) is 1. The molecule has 2 fully saturated rings. The molecular weight excluding hydrogens is 373 g/mol. The number of benzene rings is 1. The third-order valence-electron chi connectivity index (χ3n) is 4.75. The Kier molecular flexibility index (Phi) is 5.52. The van der Waals surface area contributed by atoms with Crippen molar-refractivity contribution in [3.05, 3.63) is 35.4 Å². The summed E-state index contributed by atoms with van der Waals surface area (Å²) >= 11 is 0. The Balaban J connectivity index is 0.00000161. The van der Waals surface area contributed by atoms with Crippen LogP contribution < -0.4 is 5.73 Å². The third kappa shape index (κ3) is 3.90. The SMILES string of the molecule is Cc1ccccc1C1CC1N=C(N)N1CCC(C)CC1.I. The topological polar surface area (TPSA) is 41.6 Å². The van der Waals surface area contributed by atoms with Crippen molar-refractivity contribution in [3.8, 4) is 0 Å². The van der Waals surface area contributed by atoms with Crippen molar-refractivity contribution in [1.82, 2.24) is 4.90 Å². The van der Waals surface area contributed by atoms with E-state index in [1.165, 1.54) is 24.0 Å². The van der Waals surface area contributed by atoms with Crippen LogP contribution >= 0.6 is 24.0 Å². The van der Waals surface area contributed by atoms with Gasteiger partial charge in [0.15, 0.2) is 5.96 Å². The Bertz CT molecular complexity index is 507. The molecule has 3 nitrogen and oxygen atoms in total. The molecule has 1 saturated heterocycles. The number of hydrogen-bond donors (Lipinski definition) is 1. The normalized spacial score (nSPS) is 26.4. The standard InChI is InChI=1S/C17H25N3.HI/c1-12-7-9-20(10-8-12)17(18)19-16-11-15(16)14-6-4-3-5-13(14)2;/h3-6,12,15-16H,7-11H2,1-2H3,(H2,18,19);1H. The van der Waals surface area contributed by atoms with Crippen molar-refractivity contribution in [2.45, 2.75) is 45.1 Å². The highest BCUT2D eigenvalue weighted by Gasteiger charge is 2.39. The summed E-state index contributed by atoms with van der Waals surface area (Å²) < 4.78 is 0. The van der Waals surface area contributed by atoms with E-state index in [2.05, 4.69) is 43.0 Å². The lowest BCUT2D eigenvalue weighted by Crippen LogP contribution is -2.42. The van der Waals surface area contributed by atoms with Crippen molar-refractivity contribution >= 4 is 29.9 Å². The van der Waals surface area contributed by atoms with E-state index in [1.807, 2.05) is 0 Å². The predicted molar refractivity (Wildman–Crippen MR) is 99.3 cm³/mol. The van der Waals surface area contributed by atoms with Gasteiger partial charge in [-0.3, -0.25) is 0 Å². The van der Waals surface area contributed by atoms with Crippen LogP contribution in [0.4, 0.5) is 0 Å². The van der Waals surface area contributed by atoms with Gasteiger partial charge in [0.2, 0.25) is 0 Å². The van der Waals surface area contributed by atoms with Crippen molar-refractivity contribution in [3.63, 3.8) is 0 Å². The molecule has 1 heterocycles.